The van der Waals surface area contributed by atoms with Crippen molar-refractivity contribution in [2.24, 2.45) is 0 Å². The van der Waals surface area contributed by atoms with Crippen molar-refractivity contribution in [3.63, 3.8) is 0 Å². The van der Waals surface area contributed by atoms with E-state index >= 15 is 0 Å². The average molecular weight is 367 g/mol. The van der Waals surface area contributed by atoms with Gasteiger partial charge in [-0.2, -0.15) is 0 Å². The van der Waals surface area contributed by atoms with Gasteiger partial charge in [0.25, 0.3) is 0 Å². The standard InChI is InChI=1S/C20H21N3O4/c1-27-17(20(25)26)13-21-19(24)12-11-18-22-15-9-5-6-10-16(15)23(18)14-7-3-2-4-8-14/h2-10,17H,11-13H2,1H3,(H,21,24)(H,25,26). The van der Waals surface area contributed by atoms with Gasteiger partial charge in [0.05, 0.1) is 17.6 Å². The van der Waals surface area contributed by atoms with E-state index in [-0.39, 0.29) is 18.9 Å². The zero-order valence-corrected chi connectivity index (χ0v) is 15.0. The number of para-hydroxylation sites is 3. The Kier molecular flexibility index (Phi) is 5.83. The van der Waals surface area contributed by atoms with E-state index in [9.17, 15) is 9.59 Å². The summed E-state index contributed by atoms with van der Waals surface area (Å²) in [6.45, 7) is -0.0697. The first-order valence-electron chi connectivity index (χ1n) is 8.64. The van der Waals surface area contributed by atoms with E-state index < -0.39 is 12.1 Å². The van der Waals surface area contributed by atoms with Gasteiger partial charge in [0.15, 0.2) is 6.10 Å². The van der Waals surface area contributed by atoms with Crippen molar-refractivity contribution in [1.29, 1.82) is 0 Å². The summed E-state index contributed by atoms with van der Waals surface area (Å²) in [5.41, 5.74) is 2.82. The fraction of sp³-hybridized carbons (Fsp3) is 0.250. The number of ether oxygens (including phenoxy) is 1. The van der Waals surface area contributed by atoms with E-state index in [1.165, 1.54) is 7.11 Å². The lowest BCUT2D eigenvalue weighted by Crippen LogP contribution is -2.37. The molecule has 2 aromatic carbocycles. The Morgan fingerprint density at radius 2 is 1.85 bits per heavy atom. The van der Waals surface area contributed by atoms with Crippen LogP contribution in [0.5, 0.6) is 0 Å². The second kappa shape index (κ2) is 8.46. The Balaban J connectivity index is 1.75. The molecular weight excluding hydrogens is 346 g/mol. The summed E-state index contributed by atoms with van der Waals surface area (Å²) in [6, 6.07) is 17.7. The number of nitrogens with zero attached hydrogens (tertiary/aromatic N) is 2. The third-order valence-electron chi connectivity index (χ3n) is 4.26. The van der Waals surface area contributed by atoms with Crippen LogP contribution in [0.2, 0.25) is 0 Å². The van der Waals surface area contributed by atoms with Gasteiger partial charge in [-0.25, -0.2) is 9.78 Å². The van der Waals surface area contributed by atoms with Crippen molar-refractivity contribution in [2.45, 2.75) is 18.9 Å². The molecule has 7 heteroatoms. The molecule has 1 atom stereocenters. The topological polar surface area (TPSA) is 93.5 Å². The lowest BCUT2D eigenvalue weighted by molar-refractivity contribution is -0.148. The molecule has 0 saturated heterocycles. The van der Waals surface area contributed by atoms with Crippen LogP contribution >= 0.6 is 0 Å². The van der Waals surface area contributed by atoms with Crippen LogP contribution in [0.25, 0.3) is 16.7 Å². The summed E-state index contributed by atoms with van der Waals surface area (Å²) in [5.74, 6) is -0.576. The Labute approximate surface area is 156 Å². The highest BCUT2D eigenvalue weighted by Gasteiger charge is 2.18. The normalized spacial score (nSPS) is 12.0. The molecule has 0 saturated carbocycles. The lowest BCUT2D eigenvalue weighted by Gasteiger charge is -2.12. The molecule has 3 aromatic rings. The zero-order chi connectivity index (χ0) is 19.2. The van der Waals surface area contributed by atoms with Gasteiger partial charge in [0.1, 0.15) is 5.82 Å². The number of imidazole rings is 1. The van der Waals surface area contributed by atoms with Crippen molar-refractivity contribution in [3.8, 4) is 5.69 Å². The molecule has 0 spiro atoms. The third kappa shape index (κ3) is 4.32. The minimum absolute atomic E-state index is 0.0697. The molecule has 0 aliphatic rings. The third-order valence-corrected chi connectivity index (χ3v) is 4.26. The molecule has 0 fully saturated rings. The number of carbonyl (C=O) groups is 2. The number of methoxy groups -OCH3 is 1. The van der Waals surface area contributed by atoms with Gasteiger partial charge in [0.2, 0.25) is 5.91 Å². The number of fused-ring (bicyclic) bond motifs is 1. The molecule has 2 N–H and O–H groups in total. The summed E-state index contributed by atoms with van der Waals surface area (Å²) >= 11 is 0. The molecule has 1 unspecified atom stereocenters. The van der Waals surface area contributed by atoms with Gasteiger partial charge < -0.3 is 15.2 Å². The Hall–Kier alpha value is -3.19. The maximum absolute atomic E-state index is 12.1. The van der Waals surface area contributed by atoms with Crippen LogP contribution in [0.3, 0.4) is 0 Å². The quantitative estimate of drug-likeness (QED) is 0.636. The van der Waals surface area contributed by atoms with Crippen LogP contribution in [0.1, 0.15) is 12.2 Å². The Morgan fingerprint density at radius 1 is 1.15 bits per heavy atom. The SMILES string of the molecule is COC(CNC(=O)CCc1nc2ccccc2n1-c1ccccc1)C(=O)O. The molecule has 0 radical (unpaired) electrons. The summed E-state index contributed by atoms with van der Waals surface area (Å²) in [6.07, 6.45) is -0.422. The molecule has 1 amide bonds. The number of aryl methyl sites for hydroxylation is 1. The lowest BCUT2D eigenvalue weighted by atomic mass is 10.2. The second-order valence-electron chi connectivity index (χ2n) is 6.05. The summed E-state index contributed by atoms with van der Waals surface area (Å²) in [5, 5.41) is 11.5. The van der Waals surface area contributed by atoms with E-state index in [4.69, 9.17) is 9.84 Å². The number of amides is 1. The first kappa shape index (κ1) is 18.6. The minimum atomic E-state index is -1.11. The van der Waals surface area contributed by atoms with Crippen LogP contribution in [0, 0.1) is 0 Å². The predicted octanol–water partition coefficient (Wildman–Crippen LogP) is 2.17. The van der Waals surface area contributed by atoms with Crippen molar-refractivity contribution < 1.29 is 19.4 Å². The van der Waals surface area contributed by atoms with Gasteiger partial charge >= 0.3 is 5.97 Å². The van der Waals surface area contributed by atoms with Crippen molar-refractivity contribution in [1.82, 2.24) is 14.9 Å². The number of aromatic nitrogens is 2. The largest absolute Gasteiger partial charge is 0.479 e. The molecule has 0 aliphatic carbocycles. The highest BCUT2D eigenvalue weighted by atomic mass is 16.5. The van der Waals surface area contributed by atoms with Crippen molar-refractivity contribution >= 4 is 22.9 Å². The molecule has 1 aromatic heterocycles. The predicted molar refractivity (Wildman–Crippen MR) is 101 cm³/mol. The van der Waals surface area contributed by atoms with E-state index in [0.29, 0.717) is 6.42 Å². The van der Waals surface area contributed by atoms with E-state index in [1.54, 1.807) is 0 Å². The molecule has 0 bridgehead atoms. The summed E-state index contributed by atoms with van der Waals surface area (Å²) < 4.78 is 6.85. The van der Waals surface area contributed by atoms with E-state index in [2.05, 4.69) is 10.3 Å². The number of carboxylic acid groups (broad SMARTS) is 1. The smallest absolute Gasteiger partial charge is 0.334 e. The van der Waals surface area contributed by atoms with Gasteiger partial charge in [-0.3, -0.25) is 9.36 Å². The average Bonchev–Trinajstić information content (AvgIpc) is 3.05. The highest BCUT2D eigenvalue weighted by Crippen LogP contribution is 2.22. The number of nitrogens with one attached hydrogen (secondary N) is 1. The second-order valence-corrected chi connectivity index (χ2v) is 6.05. The number of hydrogen-bond acceptors (Lipinski definition) is 4. The van der Waals surface area contributed by atoms with Gasteiger partial charge in [0, 0.05) is 25.6 Å². The molecular formula is C20H21N3O4. The first-order valence-corrected chi connectivity index (χ1v) is 8.64. The van der Waals surface area contributed by atoms with Crippen LogP contribution in [-0.4, -0.2) is 46.3 Å². The van der Waals surface area contributed by atoms with E-state index in [0.717, 1.165) is 22.5 Å². The number of rotatable bonds is 8. The maximum Gasteiger partial charge on any atom is 0.334 e. The fourth-order valence-corrected chi connectivity index (χ4v) is 2.90. The minimum Gasteiger partial charge on any atom is -0.479 e. The maximum atomic E-state index is 12.1. The molecule has 27 heavy (non-hydrogen) atoms. The van der Waals surface area contributed by atoms with Crippen molar-refractivity contribution in [3.05, 3.63) is 60.4 Å². The molecule has 7 nitrogen and oxygen atoms in total. The summed E-state index contributed by atoms with van der Waals surface area (Å²) in [7, 11) is 1.30. The number of hydrogen-bond donors (Lipinski definition) is 2. The number of aliphatic carboxylic acids is 1. The number of carboxylic acids is 1. The molecule has 0 aliphatic heterocycles. The van der Waals surface area contributed by atoms with Crippen LogP contribution in [-0.2, 0) is 20.7 Å². The summed E-state index contributed by atoms with van der Waals surface area (Å²) in [4.78, 5) is 27.7. The number of carbonyl (C=O) groups excluding carboxylic acids is 1. The molecule has 1 heterocycles. The van der Waals surface area contributed by atoms with Gasteiger partial charge in [-0.05, 0) is 24.3 Å². The van der Waals surface area contributed by atoms with Gasteiger partial charge in [-0.1, -0.05) is 30.3 Å². The monoisotopic (exact) mass is 367 g/mol. The highest BCUT2D eigenvalue weighted by molar-refractivity contribution is 5.80. The Bertz CT molecular complexity index is 937. The zero-order valence-electron chi connectivity index (χ0n) is 15.0. The molecule has 140 valence electrons. The van der Waals surface area contributed by atoms with Crippen LogP contribution < -0.4 is 5.32 Å². The number of benzene rings is 2. The fourth-order valence-electron chi connectivity index (χ4n) is 2.90. The van der Waals surface area contributed by atoms with Crippen molar-refractivity contribution in [2.75, 3.05) is 13.7 Å². The Morgan fingerprint density at radius 3 is 2.56 bits per heavy atom. The molecule has 3 rings (SSSR count). The van der Waals surface area contributed by atoms with Gasteiger partial charge in [-0.15, -0.1) is 0 Å². The first-order chi connectivity index (χ1) is 13.1. The van der Waals surface area contributed by atoms with Crippen LogP contribution in [0.4, 0.5) is 0 Å². The van der Waals surface area contributed by atoms with Crippen LogP contribution in [0.15, 0.2) is 54.6 Å². The van der Waals surface area contributed by atoms with E-state index in [1.807, 2.05) is 59.2 Å².